The lowest BCUT2D eigenvalue weighted by Crippen LogP contribution is -2.21. The van der Waals surface area contributed by atoms with Crippen molar-refractivity contribution in [1.29, 1.82) is 0 Å². The molecule has 0 bridgehead atoms. The van der Waals surface area contributed by atoms with Crippen molar-refractivity contribution in [3.63, 3.8) is 0 Å². The molecule has 0 atom stereocenters. The molecule has 1 aromatic heterocycles. The van der Waals surface area contributed by atoms with Gasteiger partial charge in [-0.05, 0) is 18.9 Å². The normalized spacial score (nSPS) is 19.0. The first-order chi connectivity index (χ1) is 6.83. The summed E-state index contributed by atoms with van der Waals surface area (Å²) in [6.07, 6.45) is -2.39. The van der Waals surface area contributed by atoms with Crippen LogP contribution in [0.1, 0.15) is 24.0 Å². The zero-order valence-electron chi connectivity index (χ0n) is 7.61. The highest BCUT2D eigenvalue weighted by atomic mass is 35.5. The Labute approximate surface area is 89.2 Å². The summed E-state index contributed by atoms with van der Waals surface area (Å²) in [7, 11) is 0. The van der Waals surface area contributed by atoms with Crippen molar-refractivity contribution < 1.29 is 13.2 Å². The second-order valence-corrected chi connectivity index (χ2v) is 4.07. The third-order valence-corrected chi connectivity index (χ3v) is 2.79. The fraction of sp³-hybridized carbons (Fsp3) is 0.444. The van der Waals surface area contributed by atoms with Gasteiger partial charge in [0.1, 0.15) is 5.15 Å². The molecule has 1 fully saturated rings. The Morgan fingerprint density at radius 2 is 2.00 bits per heavy atom. The number of hydrogen-bond donors (Lipinski definition) is 1. The third-order valence-electron chi connectivity index (χ3n) is 2.49. The minimum atomic E-state index is -4.41. The van der Waals surface area contributed by atoms with E-state index in [-0.39, 0.29) is 5.15 Å². The molecule has 1 aliphatic rings. The summed E-state index contributed by atoms with van der Waals surface area (Å²) in [6.45, 7) is 0. The van der Waals surface area contributed by atoms with Gasteiger partial charge in [-0.15, -0.1) is 0 Å². The standard InChI is InChI=1S/C9H8ClF3N2/c10-7-6(8(14)1-2-8)3-5(4-15-7)9(11,12)13/h3-4H,1-2,14H2. The van der Waals surface area contributed by atoms with E-state index in [0.29, 0.717) is 18.4 Å². The van der Waals surface area contributed by atoms with Crippen LogP contribution in [0.3, 0.4) is 0 Å². The third kappa shape index (κ3) is 1.94. The van der Waals surface area contributed by atoms with Crippen LogP contribution in [0, 0.1) is 0 Å². The van der Waals surface area contributed by atoms with E-state index in [1.54, 1.807) is 0 Å². The highest BCUT2D eigenvalue weighted by Crippen LogP contribution is 2.46. The van der Waals surface area contributed by atoms with E-state index in [9.17, 15) is 13.2 Å². The maximum atomic E-state index is 12.4. The fourth-order valence-corrected chi connectivity index (χ4v) is 1.65. The molecule has 2 rings (SSSR count). The molecular formula is C9H8ClF3N2. The van der Waals surface area contributed by atoms with E-state index in [1.807, 2.05) is 0 Å². The van der Waals surface area contributed by atoms with Crippen molar-refractivity contribution >= 4 is 11.6 Å². The lowest BCUT2D eigenvalue weighted by Gasteiger charge is -2.13. The van der Waals surface area contributed by atoms with Gasteiger partial charge in [0.05, 0.1) is 5.56 Å². The number of pyridine rings is 1. The summed E-state index contributed by atoms with van der Waals surface area (Å²) in [5.74, 6) is 0. The van der Waals surface area contributed by atoms with Gasteiger partial charge in [-0.1, -0.05) is 11.6 Å². The summed E-state index contributed by atoms with van der Waals surface area (Å²) in [5.41, 5.74) is 4.57. The number of nitrogens with two attached hydrogens (primary N) is 1. The number of nitrogens with zero attached hydrogens (tertiary/aromatic N) is 1. The molecule has 6 heteroatoms. The molecule has 0 aliphatic heterocycles. The van der Waals surface area contributed by atoms with Gasteiger partial charge >= 0.3 is 6.18 Å². The van der Waals surface area contributed by atoms with Crippen molar-refractivity contribution in [2.75, 3.05) is 0 Å². The highest BCUT2D eigenvalue weighted by Gasteiger charge is 2.43. The molecule has 0 aromatic carbocycles. The van der Waals surface area contributed by atoms with Crippen LogP contribution in [-0.4, -0.2) is 4.98 Å². The van der Waals surface area contributed by atoms with E-state index in [1.165, 1.54) is 0 Å². The Balaban J connectivity index is 2.47. The highest BCUT2D eigenvalue weighted by molar-refractivity contribution is 6.30. The summed E-state index contributed by atoms with van der Waals surface area (Å²) in [6, 6.07) is 0.988. The maximum absolute atomic E-state index is 12.4. The van der Waals surface area contributed by atoms with Crippen LogP contribution in [-0.2, 0) is 11.7 Å². The number of rotatable bonds is 1. The Morgan fingerprint density at radius 3 is 2.47 bits per heavy atom. The van der Waals surface area contributed by atoms with Gasteiger partial charge < -0.3 is 5.73 Å². The quantitative estimate of drug-likeness (QED) is 0.762. The van der Waals surface area contributed by atoms with Crippen molar-refractivity contribution in [3.05, 3.63) is 28.5 Å². The maximum Gasteiger partial charge on any atom is 0.417 e. The Hall–Kier alpha value is -0.810. The monoisotopic (exact) mass is 236 g/mol. The van der Waals surface area contributed by atoms with E-state index >= 15 is 0 Å². The predicted octanol–water partition coefficient (Wildman–Crippen LogP) is 2.70. The second-order valence-electron chi connectivity index (χ2n) is 3.72. The average Bonchev–Trinajstić information content (AvgIpc) is 2.83. The molecule has 1 heterocycles. The topological polar surface area (TPSA) is 38.9 Å². The van der Waals surface area contributed by atoms with Crippen LogP contribution < -0.4 is 5.73 Å². The molecule has 15 heavy (non-hydrogen) atoms. The molecule has 82 valence electrons. The summed E-state index contributed by atoms with van der Waals surface area (Å²) in [4.78, 5) is 3.52. The van der Waals surface area contributed by atoms with Crippen molar-refractivity contribution in [2.24, 2.45) is 5.73 Å². The summed E-state index contributed by atoms with van der Waals surface area (Å²) < 4.78 is 37.2. The van der Waals surface area contributed by atoms with Crippen molar-refractivity contribution in [3.8, 4) is 0 Å². The zero-order chi connectivity index (χ0) is 11.3. The van der Waals surface area contributed by atoms with E-state index in [4.69, 9.17) is 17.3 Å². The number of hydrogen-bond acceptors (Lipinski definition) is 2. The molecule has 1 aromatic rings. The summed E-state index contributed by atoms with van der Waals surface area (Å²) >= 11 is 5.71. The van der Waals surface area contributed by atoms with Crippen LogP contribution in [0.2, 0.25) is 5.15 Å². The minimum Gasteiger partial charge on any atom is -0.321 e. The lowest BCUT2D eigenvalue weighted by atomic mass is 10.1. The average molecular weight is 237 g/mol. The van der Waals surface area contributed by atoms with Crippen LogP contribution in [0.5, 0.6) is 0 Å². The molecule has 2 N–H and O–H groups in total. The number of aromatic nitrogens is 1. The molecule has 2 nitrogen and oxygen atoms in total. The first-order valence-electron chi connectivity index (χ1n) is 4.35. The Kier molecular flexibility index (Phi) is 2.20. The molecule has 1 saturated carbocycles. The first kappa shape index (κ1) is 10.7. The summed E-state index contributed by atoms with van der Waals surface area (Å²) in [5, 5.41) is 0.0583. The molecular weight excluding hydrogens is 229 g/mol. The van der Waals surface area contributed by atoms with Gasteiger partial charge in [0.25, 0.3) is 0 Å². The van der Waals surface area contributed by atoms with Crippen LogP contribution in [0.15, 0.2) is 12.3 Å². The van der Waals surface area contributed by atoms with Crippen LogP contribution >= 0.6 is 11.6 Å². The Morgan fingerprint density at radius 1 is 1.40 bits per heavy atom. The fourth-order valence-electron chi connectivity index (χ4n) is 1.36. The predicted molar refractivity (Wildman–Crippen MR) is 49.3 cm³/mol. The largest absolute Gasteiger partial charge is 0.417 e. The van der Waals surface area contributed by atoms with Gasteiger partial charge in [0, 0.05) is 17.3 Å². The van der Waals surface area contributed by atoms with Gasteiger partial charge in [0.2, 0.25) is 0 Å². The van der Waals surface area contributed by atoms with Crippen molar-refractivity contribution in [2.45, 2.75) is 24.6 Å². The van der Waals surface area contributed by atoms with Crippen LogP contribution in [0.25, 0.3) is 0 Å². The van der Waals surface area contributed by atoms with Gasteiger partial charge in [0.15, 0.2) is 0 Å². The van der Waals surface area contributed by atoms with E-state index in [0.717, 1.165) is 12.3 Å². The second kappa shape index (κ2) is 3.09. The first-order valence-corrected chi connectivity index (χ1v) is 4.73. The van der Waals surface area contributed by atoms with E-state index in [2.05, 4.69) is 4.98 Å². The minimum absolute atomic E-state index is 0.0583. The molecule has 0 saturated heterocycles. The number of alkyl halides is 3. The molecule has 0 amide bonds. The number of halogens is 4. The Bertz CT molecular complexity index is 399. The van der Waals surface area contributed by atoms with Gasteiger partial charge in [-0.25, -0.2) is 4.98 Å². The van der Waals surface area contributed by atoms with Crippen LogP contribution in [0.4, 0.5) is 13.2 Å². The molecule has 1 aliphatic carbocycles. The lowest BCUT2D eigenvalue weighted by molar-refractivity contribution is -0.137. The zero-order valence-corrected chi connectivity index (χ0v) is 8.36. The molecule has 0 radical (unpaired) electrons. The smallest absolute Gasteiger partial charge is 0.321 e. The molecule has 0 spiro atoms. The molecule has 0 unspecified atom stereocenters. The SMILES string of the molecule is NC1(c2cc(C(F)(F)F)cnc2Cl)CC1. The van der Waals surface area contributed by atoms with Crippen molar-refractivity contribution in [1.82, 2.24) is 4.98 Å². The van der Waals surface area contributed by atoms with Gasteiger partial charge in [-0.2, -0.15) is 13.2 Å². The van der Waals surface area contributed by atoms with E-state index < -0.39 is 17.3 Å². The van der Waals surface area contributed by atoms with Gasteiger partial charge in [-0.3, -0.25) is 0 Å².